The maximum atomic E-state index is 10.3. The molecule has 0 amide bonds. The summed E-state index contributed by atoms with van der Waals surface area (Å²) in [6, 6.07) is 13.7. The van der Waals surface area contributed by atoms with Gasteiger partial charge in [-0.2, -0.15) is 0 Å². The van der Waals surface area contributed by atoms with Gasteiger partial charge < -0.3 is 44.5 Å². The largest absolute Gasteiger partial charge is 0.506 e. The molecule has 1 aliphatic rings. The number of nitrogens with one attached hydrogen (secondary N) is 2. The third-order valence-electron chi connectivity index (χ3n) is 7.11. The lowest BCUT2D eigenvalue weighted by Gasteiger charge is -2.39. The third-order valence-corrected chi connectivity index (χ3v) is 7.11. The molecule has 4 N–H and O–H groups in total. The Morgan fingerprint density at radius 3 is 2.35 bits per heavy atom. The predicted molar refractivity (Wildman–Crippen MR) is 156 cm³/mol. The minimum atomic E-state index is -0.498. The van der Waals surface area contributed by atoms with Gasteiger partial charge in [-0.25, -0.2) is 0 Å². The van der Waals surface area contributed by atoms with E-state index in [1.165, 1.54) is 0 Å². The number of phenolic OH excluding ortho intramolecular Hbond substituents is 1. The molecule has 1 saturated heterocycles. The predicted octanol–water partition coefficient (Wildman–Crippen LogP) is 4.07. The van der Waals surface area contributed by atoms with Gasteiger partial charge in [-0.3, -0.25) is 0 Å². The van der Waals surface area contributed by atoms with Gasteiger partial charge in [0.25, 0.3) is 0 Å². The molecule has 0 aliphatic carbocycles. The summed E-state index contributed by atoms with van der Waals surface area (Å²) < 4.78 is 28.8. The van der Waals surface area contributed by atoms with Crippen LogP contribution in [-0.2, 0) is 25.6 Å². The summed E-state index contributed by atoms with van der Waals surface area (Å²) in [5, 5.41) is 27.1. The van der Waals surface area contributed by atoms with Gasteiger partial charge in [0.1, 0.15) is 11.5 Å². The lowest BCUT2D eigenvalue weighted by Crippen LogP contribution is -2.51. The fourth-order valence-electron chi connectivity index (χ4n) is 4.75. The van der Waals surface area contributed by atoms with E-state index in [4.69, 9.17) is 23.7 Å². The summed E-state index contributed by atoms with van der Waals surface area (Å²) in [5.74, 6) is 1.02. The fraction of sp³-hybridized carbons (Fsp3) is 0.613. The van der Waals surface area contributed by atoms with Crippen LogP contribution in [0.5, 0.6) is 11.5 Å². The molecule has 9 heteroatoms. The molecule has 0 saturated carbocycles. The van der Waals surface area contributed by atoms with Crippen molar-refractivity contribution in [3.63, 3.8) is 0 Å². The second-order valence-electron chi connectivity index (χ2n) is 10.2. The highest BCUT2D eigenvalue weighted by molar-refractivity contribution is 5.57. The van der Waals surface area contributed by atoms with E-state index < -0.39 is 6.10 Å². The van der Waals surface area contributed by atoms with Crippen LogP contribution in [0, 0.1) is 0 Å². The van der Waals surface area contributed by atoms with Gasteiger partial charge in [-0.1, -0.05) is 25.1 Å². The minimum absolute atomic E-state index is 0.0233. The van der Waals surface area contributed by atoms with E-state index in [2.05, 4.69) is 22.8 Å². The van der Waals surface area contributed by atoms with Crippen molar-refractivity contribution in [1.29, 1.82) is 0 Å². The van der Waals surface area contributed by atoms with Crippen LogP contribution in [0.2, 0.25) is 0 Å². The van der Waals surface area contributed by atoms with Gasteiger partial charge in [0.05, 0.1) is 43.8 Å². The second-order valence-corrected chi connectivity index (χ2v) is 10.2. The smallest absolute Gasteiger partial charge is 0.138 e. The fourth-order valence-corrected chi connectivity index (χ4v) is 4.75. The molecule has 1 fully saturated rings. The summed E-state index contributed by atoms with van der Waals surface area (Å²) in [5.41, 5.74) is 2.76. The quantitative estimate of drug-likeness (QED) is 0.149. The number of hydrogen-bond acceptors (Lipinski definition) is 9. The van der Waals surface area contributed by atoms with Crippen LogP contribution in [0.1, 0.15) is 49.7 Å². The van der Waals surface area contributed by atoms with E-state index in [0.717, 1.165) is 42.7 Å². The van der Waals surface area contributed by atoms with Crippen molar-refractivity contribution in [3.05, 3.63) is 53.6 Å². The maximum absolute atomic E-state index is 10.3. The van der Waals surface area contributed by atoms with E-state index in [0.29, 0.717) is 51.6 Å². The molecule has 40 heavy (non-hydrogen) atoms. The molecular weight excluding hydrogens is 512 g/mol. The molecule has 9 nitrogen and oxygen atoms in total. The number of aliphatic hydroxyl groups excluding tert-OH is 1. The number of aliphatic hydroxyl groups is 1. The number of piperidine rings is 1. The molecule has 0 spiro atoms. The van der Waals surface area contributed by atoms with Crippen LogP contribution in [0.25, 0.3) is 0 Å². The van der Waals surface area contributed by atoms with Crippen molar-refractivity contribution in [3.8, 4) is 11.5 Å². The zero-order chi connectivity index (χ0) is 28.6. The van der Waals surface area contributed by atoms with Crippen LogP contribution in [0.15, 0.2) is 42.5 Å². The normalized spacial score (nSPS) is 19.9. The van der Waals surface area contributed by atoms with Crippen LogP contribution >= 0.6 is 0 Å². The minimum Gasteiger partial charge on any atom is -0.506 e. The van der Waals surface area contributed by atoms with Gasteiger partial charge >= 0.3 is 0 Å². The molecule has 2 aromatic rings. The molecule has 0 bridgehead atoms. The number of phenols is 1. The Hall–Kier alpha value is -2.40. The first kappa shape index (κ1) is 32.1. The molecule has 0 aromatic heterocycles. The van der Waals surface area contributed by atoms with Crippen LogP contribution in [0.4, 0.5) is 5.69 Å². The molecule has 0 radical (unpaired) electrons. The molecule has 2 aromatic carbocycles. The van der Waals surface area contributed by atoms with Crippen molar-refractivity contribution >= 4 is 5.69 Å². The molecular formula is C31H48N2O7. The Morgan fingerprint density at radius 1 is 0.925 bits per heavy atom. The van der Waals surface area contributed by atoms with Crippen molar-refractivity contribution in [2.75, 3.05) is 65.6 Å². The third kappa shape index (κ3) is 10.5. The lowest BCUT2D eigenvalue weighted by atomic mass is 9.85. The Morgan fingerprint density at radius 2 is 1.62 bits per heavy atom. The van der Waals surface area contributed by atoms with E-state index in [1.54, 1.807) is 20.3 Å². The van der Waals surface area contributed by atoms with Gasteiger partial charge in [0.2, 0.25) is 0 Å². The van der Waals surface area contributed by atoms with Crippen molar-refractivity contribution in [2.45, 2.75) is 63.4 Å². The van der Waals surface area contributed by atoms with Gasteiger partial charge in [-0.05, 0) is 61.1 Å². The molecule has 1 aliphatic heterocycles. The SMILES string of the molecule is CC[C@@H](O)CO[C@@H]1CNC[C@H](OCc2ccc(O)c(NCCCOC)c2)[C@H]1c1ccc(OCCCCOC)cc1. The topological polar surface area (TPSA) is 111 Å². The first-order valence-electron chi connectivity index (χ1n) is 14.4. The summed E-state index contributed by atoms with van der Waals surface area (Å²) in [6.07, 6.45) is 2.60. The van der Waals surface area contributed by atoms with Crippen LogP contribution in [0.3, 0.4) is 0 Å². The number of ether oxygens (including phenoxy) is 5. The number of rotatable bonds is 19. The standard InChI is InChI=1S/C31H48N2O7/c1-4-25(34)22-40-30-20-32-19-29(31(30)24-9-11-26(12-10-24)38-17-6-5-15-36-2)39-21-23-8-13-28(35)27(18-23)33-14-7-16-37-3/h8-13,18,25,29-35H,4-7,14-17,19-22H2,1-3H3/t25-,29+,30-,31-/m1/s1. The first-order chi connectivity index (χ1) is 19.5. The van der Waals surface area contributed by atoms with E-state index >= 15 is 0 Å². The van der Waals surface area contributed by atoms with Crippen molar-refractivity contribution in [2.24, 2.45) is 0 Å². The molecule has 3 rings (SSSR count). The highest BCUT2D eigenvalue weighted by Gasteiger charge is 2.36. The maximum Gasteiger partial charge on any atom is 0.138 e. The second kappa shape index (κ2) is 18.1. The number of benzene rings is 2. The molecule has 0 unspecified atom stereocenters. The monoisotopic (exact) mass is 560 g/mol. The van der Waals surface area contributed by atoms with E-state index in [1.807, 2.05) is 31.2 Å². The molecule has 4 atom stereocenters. The number of methoxy groups -OCH3 is 2. The average Bonchev–Trinajstić information content (AvgIpc) is 2.98. The zero-order valence-electron chi connectivity index (χ0n) is 24.3. The summed E-state index contributed by atoms with van der Waals surface area (Å²) in [4.78, 5) is 0. The van der Waals surface area contributed by atoms with Gasteiger partial charge in [0, 0.05) is 53.0 Å². The van der Waals surface area contributed by atoms with Crippen molar-refractivity contribution in [1.82, 2.24) is 5.32 Å². The summed E-state index contributed by atoms with van der Waals surface area (Å²) in [6.45, 7) is 6.73. The summed E-state index contributed by atoms with van der Waals surface area (Å²) in [7, 11) is 3.39. The Balaban J connectivity index is 1.68. The van der Waals surface area contributed by atoms with E-state index in [9.17, 15) is 10.2 Å². The molecule has 1 heterocycles. The van der Waals surface area contributed by atoms with Crippen LogP contribution < -0.4 is 15.4 Å². The van der Waals surface area contributed by atoms with E-state index in [-0.39, 0.29) is 30.5 Å². The number of hydrogen-bond donors (Lipinski definition) is 4. The first-order valence-corrected chi connectivity index (χ1v) is 14.4. The zero-order valence-corrected chi connectivity index (χ0v) is 24.3. The Labute approximate surface area is 239 Å². The Bertz CT molecular complexity index is 959. The number of unbranched alkanes of at least 4 members (excludes halogenated alkanes) is 1. The number of anilines is 1. The lowest BCUT2D eigenvalue weighted by molar-refractivity contribution is -0.0777. The van der Waals surface area contributed by atoms with Gasteiger partial charge in [-0.15, -0.1) is 0 Å². The number of aromatic hydroxyl groups is 1. The average molecular weight is 561 g/mol. The van der Waals surface area contributed by atoms with Crippen LogP contribution in [-0.4, -0.2) is 88.8 Å². The summed E-state index contributed by atoms with van der Waals surface area (Å²) >= 11 is 0. The molecule has 224 valence electrons. The highest BCUT2D eigenvalue weighted by Crippen LogP contribution is 2.33. The van der Waals surface area contributed by atoms with Gasteiger partial charge in [0.15, 0.2) is 0 Å². The highest BCUT2D eigenvalue weighted by atomic mass is 16.5. The van der Waals surface area contributed by atoms with Crippen molar-refractivity contribution < 1.29 is 33.9 Å². The Kier molecular flexibility index (Phi) is 14.5.